The Morgan fingerprint density at radius 2 is 2.15 bits per heavy atom. The van der Waals surface area contributed by atoms with Gasteiger partial charge in [-0.15, -0.1) is 0 Å². The number of nitrogens with zero attached hydrogens (tertiary/aromatic N) is 1. The molecule has 0 amide bonds. The molecule has 2 N–H and O–H groups in total. The molecule has 2 aromatic rings. The van der Waals surface area contributed by atoms with Crippen LogP contribution in [-0.2, 0) is 6.54 Å². The van der Waals surface area contributed by atoms with E-state index in [4.69, 9.17) is 0 Å². The molecule has 106 valence electrons. The van der Waals surface area contributed by atoms with E-state index in [1.54, 1.807) is 0 Å². The Morgan fingerprint density at radius 3 is 3.05 bits per heavy atom. The molecule has 0 bridgehead atoms. The number of aromatic amines is 1. The zero-order valence-electron chi connectivity index (χ0n) is 11.9. The van der Waals surface area contributed by atoms with Gasteiger partial charge in [-0.2, -0.15) is 0 Å². The van der Waals surface area contributed by atoms with Crippen molar-refractivity contribution in [1.82, 2.24) is 15.2 Å². The number of nitrogens with one attached hydrogen (secondary N) is 2. The third kappa shape index (κ3) is 2.48. The molecule has 0 spiro atoms. The van der Waals surface area contributed by atoms with E-state index < -0.39 is 0 Å². The number of aromatic nitrogens is 1. The summed E-state index contributed by atoms with van der Waals surface area (Å²) in [5.41, 5.74) is 2.64. The van der Waals surface area contributed by atoms with E-state index in [1.807, 2.05) is 6.20 Å². The number of benzene rings is 1. The summed E-state index contributed by atoms with van der Waals surface area (Å²) in [7, 11) is 0. The Hall–Kier alpha value is -1.32. The summed E-state index contributed by atoms with van der Waals surface area (Å²) in [6.45, 7) is 4.77. The van der Waals surface area contributed by atoms with Gasteiger partial charge in [0, 0.05) is 36.2 Å². The molecule has 1 atom stereocenters. The van der Waals surface area contributed by atoms with Gasteiger partial charge in [0.15, 0.2) is 0 Å². The minimum atomic E-state index is 0.848. The fraction of sp³-hybridized carbons (Fsp3) is 0.529. The second-order valence-electron chi connectivity index (χ2n) is 6.37. The summed E-state index contributed by atoms with van der Waals surface area (Å²) in [6.07, 6.45) is 6.28. The van der Waals surface area contributed by atoms with Crippen LogP contribution >= 0.6 is 0 Å². The van der Waals surface area contributed by atoms with E-state index >= 15 is 0 Å². The maximum atomic E-state index is 3.66. The van der Waals surface area contributed by atoms with Crippen molar-refractivity contribution in [3.05, 3.63) is 36.0 Å². The smallest absolute Gasteiger partial charge is 0.0457 e. The summed E-state index contributed by atoms with van der Waals surface area (Å²) >= 11 is 0. The van der Waals surface area contributed by atoms with Crippen LogP contribution in [0.2, 0.25) is 0 Å². The molecule has 1 aromatic heterocycles. The molecule has 1 aromatic carbocycles. The summed E-state index contributed by atoms with van der Waals surface area (Å²) in [4.78, 5) is 5.98. The minimum absolute atomic E-state index is 0.848. The number of hydrogen-bond acceptors (Lipinski definition) is 2. The van der Waals surface area contributed by atoms with E-state index in [0.717, 1.165) is 25.0 Å². The van der Waals surface area contributed by atoms with Crippen molar-refractivity contribution in [1.29, 1.82) is 0 Å². The third-order valence-corrected chi connectivity index (χ3v) is 4.81. The molecular weight excluding hydrogens is 246 g/mol. The lowest BCUT2D eigenvalue weighted by molar-refractivity contribution is 0.312. The van der Waals surface area contributed by atoms with Gasteiger partial charge in [-0.3, -0.25) is 0 Å². The highest BCUT2D eigenvalue weighted by Gasteiger charge is 2.33. The fourth-order valence-electron chi connectivity index (χ4n) is 3.52. The van der Waals surface area contributed by atoms with Crippen LogP contribution in [0.15, 0.2) is 30.5 Å². The van der Waals surface area contributed by atoms with Crippen molar-refractivity contribution in [2.75, 3.05) is 19.6 Å². The number of rotatable bonds is 5. The topological polar surface area (TPSA) is 31.1 Å². The molecule has 1 aliphatic carbocycles. The van der Waals surface area contributed by atoms with Crippen molar-refractivity contribution < 1.29 is 0 Å². The lowest BCUT2D eigenvalue weighted by Crippen LogP contribution is -2.27. The van der Waals surface area contributed by atoms with Crippen molar-refractivity contribution in [2.24, 2.45) is 5.92 Å². The van der Waals surface area contributed by atoms with Crippen LogP contribution in [0.3, 0.4) is 0 Å². The van der Waals surface area contributed by atoms with Crippen molar-refractivity contribution in [3.63, 3.8) is 0 Å². The van der Waals surface area contributed by atoms with Gasteiger partial charge in [-0.25, -0.2) is 0 Å². The van der Waals surface area contributed by atoms with Crippen LogP contribution < -0.4 is 5.32 Å². The van der Waals surface area contributed by atoms with Crippen molar-refractivity contribution in [3.8, 4) is 0 Å². The molecule has 2 heterocycles. The van der Waals surface area contributed by atoms with Crippen LogP contribution in [0.25, 0.3) is 10.9 Å². The SMILES string of the molecule is c1cc(CNCC2CCN(C3CC3)C2)c2cc[nH]c2c1. The number of H-pyrrole nitrogens is 1. The van der Waals surface area contributed by atoms with Crippen LogP contribution in [0.1, 0.15) is 24.8 Å². The molecule has 1 aliphatic heterocycles. The summed E-state index contributed by atoms with van der Waals surface area (Å²) in [6, 6.07) is 9.63. The predicted molar refractivity (Wildman–Crippen MR) is 82.7 cm³/mol. The highest BCUT2D eigenvalue weighted by molar-refractivity contribution is 5.82. The quantitative estimate of drug-likeness (QED) is 0.874. The number of fused-ring (bicyclic) bond motifs is 1. The minimum Gasteiger partial charge on any atom is -0.361 e. The standard InChI is InChI=1S/C17H23N3/c1-2-14(16-6-8-19-17(16)3-1)11-18-10-13-7-9-20(12-13)15-4-5-15/h1-3,6,8,13,15,18-19H,4-5,7,9-12H2. The first-order valence-corrected chi connectivity index (χ1v) is 7.90. The Labute approximate surface area is 120 Å². The Kier molecular flexibility index (Phi) is 3.25. The molecule has 1 saturated carbocycles. The first kappa shape index (κ1) is 12.4. The highest BCUT2D eigenvalue weighted by Crippen LogP contribution is 2.31. The molecule has 1 unspecified atom stereocenters. The van der Waals surface area contributed by atoms with Crippen LogP contribution in [0, 0.1) is 5.92 Å². The molecule has 4 rings (SSSR count). The Morgan fingerprint density at radius 1 is 1.20 bits per heavy atom. The lowest BCUT2D eigenvalue weighted by Gasteiger charge is -2.15. The first-order chi connectivity index (χ1) is 9.90. The zero-order chi connectivity index (χ0) is 13.4. The molecule has 3 heteroatoms. The average molecular weight is 269 g/mol. The van der Waals surface area contributed by atoms with Crippen molar-refractivity contribution in [2.45, 2.75) is 31.8 Å². The van der Waals surface area contributed by atoms with Gasteiger partial charge in [0.1, 0.15) is 0 Å². The van der Waals surface area contributed by atoms with E-state index in [-0.39, 0.29) is 0 Å². The molecule has 3 nitrogen and oxygen atoms in total. The molecule has 2 aliphatic rings. The normalized spacial score (nSPS) is 23.7. The second kappa shape index (κ2) is 5.23. The Balaban J connectivity index is 1.31. The van der Waals surface area contributed by atoms with Crippen LogP contribution in [0.4, 0.5) is 0 Å². The maximum absolute atomic E-state index is 3.66. The highest BCUT2D eigenvalue weighted by atomic mass is 15.2. The average Bonchev–Trinajstić information content (AvgIpc) is 3.01. The fourth-order valence-corrected chi connectivity index (χ4v) is 3.52. The van der Waals surface area contributed by atoms with Gasteiger partial charge in [0.25, 0.3) is 0 Å². The zero-order valence-corrected chi connectivity index (χ0v) is 11.9. The van der Waals surface area contributed by atoms with Gasteiger partial charge >= 0.3 is 0 Å². The van der Waals surface area contributed by atoms with Gasteiger partial charge in [0.2, 0.25) is 0 Å². The van der Waals surface area contributed by atoms with Crippen molar-refractivity contribution >= 4 is 10.9 Å². The van der Waals surface area contributed by atoms with E-state index in [0.29, 0.717) is 0 Å². The monoisotopic (exact) mass is 269 g/mol. The Bertz CT molecular complexity index is 585. The second-order valence-corrected chi connectivity index (χ2v) is 6.37. The maximum Gasteiger partial charge on any atom is 0.0457 e. The van der Waals surface area contributed by atoms with Gasteiger partial charge in [0.05, 0.1) is 0 Å². The molecule has 1 saturated heterocycles. The third-order valence-electron chi connectivity index (χ3n) is 4.81. The van der Waals surface area contributed by atoms with E-state index in [1.165, 1.54) is 48.8 Å². The van der Waals surface area contributed by atoms with Gasteiger partial charge in [-0.1, -0.05) is 12.1 Å². The lowest BCUT2D eigenvalue weighted by atomic mass is 10.1. The van der Waals surface area contributed by atoms with Gasteiger partial charge < -0.3 is 15.2 Å². The molecular formula is C17H23N3. The summed E-state index contributed by atoms with van der Waals surface area (Å²) < 4.78 is 0. The molecule has 0 radical (unpaired) electrons. The largest absolute Gasteiger partial charge is 0.361 e. The first-order valence-electron chi connectivity index (χ1n) is 7.90. The number of hydrogen-bond donors (Lipinski definition) is 2. The predicted octanol–water partition coefficient (Wildman–Crippen LogP) is 2.74. The summed E-state index contributed by atoms with van der Waals surface area (Å²) in [5.74, 6) is 0.848. The van der Waals surface area contributed by atoms with Crippen LogP contribution in [-0.4, -0.2) is 35.6 Å². The van der Waals surface area contributed by atoms with E-state index in [9.17, 15) is 0 Å². The number of likely N-dealkylation sites (tertiary alicyclic amines) is 1. The van der Waals surface area contributed by atoms with Crippen LogP contribution in [0.5, 0.6) is 0 Å². The van der Waals surface area contributed by atoms with Gasteiger partial charge in [-0.05, 0) is 56.0 Å². The molecule has 20 heavy (non-hydrogen) atoms. The van der Waals surface area contributed by atoms with E-state index in [2.05, 4.69) is 39.5 Å². The summed E-state index contributed by atoms with van der Waals surface area (Å²) in [5, 5.41) is 5.02. The molecule has 2 fully saturated rings.